The van der Waals surface area contributed by atoms with Gasteiger partial charge in [0.05, 0.1) is 6.54 Å². The molecule has 4 nitrogen and oxygen atoms in total. The Balaban J connectivity index is 1.80. The third-order valence-corrected chi connectivity index (χ3v) is 4.99. The summed E-state index contributed by atoms with van der Waals surface area (Å²) in [5, 5.41) is 5.56. The maximum absolute atomic E-state index is 4.89. The van der Waals surface area contributed by atoms with E-state index in [-0.39, 0.29) is 0 Å². The maximum atomic E-state index is 4.89. The summed E-state index contributed by atoms with van der Waals surface area (Å²) in [6, 6.07) is 8.33. The molecule has 1 aliphatic heterocycles. The Morgan fingerprint density at radius 2 is 2.14 bits per heavy atom. The number of aromatic nitrogens is 3. The van der Waals surface area contributed by atoms with Crippen molar-refractivity contribution >= 4 is 22.5 Å². The molecule has 4 heterocycles. The highest BCUT2D eigenvalue weighted by Gasteiger charge is 2.22. The Labute approximate surface area is 127 Å². The molecule has 4 rings (SSSR count). The first-order chi connectivity index (χ1) is 10.4. The predicted octanol–water partition coefficient (Wildman–Crippen LogP) is 3.01. The largest absolute Gasteiger partial charge is 0.317 e. The molecule has 0 unspecified atom stereocenters. The molecule has 0 atom stereocenters. The highest BCUT2D eigenvalue weighted by molar-refractivity contribution is 7.09. The lowest BCUT2D eigenvalue weighted by molar-refractivity contribution is 0.435. The van der Waals surface area contributed by atoms with Gasteiger partial charge in [-0.2, -0.15) is 0 Å². The Kier molecular flexibility index (Phi) is 3.45. The molecule has 0 saturated carbocycles. The summed E-state index contributed by atoms with van der Waals surface area (Å²) < 4.78 is 2.32. The van der Waals surface area contributed by atoms with Crippen LogP contribution in [0.5, 0.6) is 0 Å². The van der Waals surface area contributed by atoms with Crippen LogP contribution < -0.4 is 5.32 Å². The van der Waals surface area contributed by atoms with E-state index in [1.807, 2.05) is 12.3 Å². The van der Waals surface area contributed by atoms with Crippen molar-refractivity contribution < 1.29 is 0 Å². The number of hydrogen-bond acceptors (Lipinski definition) is 4. The third kappa shape index (κ3) is 2.47. The molecule has 0 bridgehead atoms. The normalized spacial score (nSPS) is 16.6. The molecular formula is C16H18N4S. The quantitative estimate of drug-likeness (QED) is 0.808. The van der Waals surface area contributed by atoms with Crippen LogP contribution in [0.3, 0.4) is 0 Å². The molecule has 1 N–H and O–H groups in total. The lowest BCUT2D eigenvalue weighted by Crippen LogP contribution is -2.28. The Bertz CT molecular complexity index is 726. The van der Waals surface area contributed by atoms with Gasteiger partial charge in [-0.1, -0.05) is 6.07 Å². The summed E-state index contributed by atoms with van der Waals surface area (Å²) in [6.07, 6.45) is 4.18. The first kappa shape index (κ1) is 13.0. The molecule has 3 aromatic heterocycles. The second kappa shape index (κ2) is 5.58. The number of nitrogens with zero attached hydrogens (tertiary/aromatic N) is 3. The van der Waals surface area contributed by atoms with Gasteiger partial charge in [-0.05, 0) is 49.5 Å². The molecule has 1 fully saturated rings. The van der Waals surface area contributed by atoms with Crippen molar-refractivity contribution in [1.29, 1.82) is 0 Å². The summed E-state index contributed by atoms with van der Waals surface area (Å²) in [4.78, 5) is 10.8. The van der Waals surface area contributed by atoms with Crippen LogP contribution in [0.4, 0.5) is 0 Å². The predicted molar refractivity (Wildman–Crippen MR) is 85.8 cm³/mol. The van der Waals surface area contributed by atoms with Crippen LogP contribution in [0, 0.1) is 0 Å². The summed E-state index contributed by atoms with van der Waals surface area (Å²) in [7, 11) is 0. The highest BCUT2D eigenvalue weighted by Crippen LogP contribution is 2.28. The Morgan fingerprint density at radius 1 is 1.24 bits per heavy atom. The van der Waals surface area contributed by atoms with Crippen molar-refractivity contribution in [1.82, 2.24) is 19.9 Å². The molecule has 108 valence electrons. The molecule has 3 aromatic rings. The fraction of sp³-hybridized carbons (Fsp3) is 0.375. The standard InChI is InChI=1S/C16H18N4S/c1-4-14-16(18-7-1)20(11-13-3-2-10-21-13)15(19-14)12-5-8-17-9-6-12/h1-4,7,10,12,17H,5-6,8-9,11H2. The summed E-state index contributed by atoms with van der Waals surface area (Å²) in [5.74, 6) is 1.75. The van der Waals surface area contributed by atoms with E-state index >= 15 is 0 Å². The first-order valence-corrected chi connectivity index (χ1v) is 8.34. The molecule has 0 aliphatic carbocycles. The van der Waals surface area contributed by atoms with Crippen molar-refractivity contribution in [2.45, 2.75) is 25.3 Å². The van der Waals surface area contributed by atoms with E-state index in [0.29, 0.717) is 5.92 Å². The average Bonchev–Trinajstić information content (AvgIpc) is 3.17. The lowest BCUT2D eigenvalue weighted by Gasteiger charge is -2.22. The molecule has 0 spiro atoms. The molecule has 1 aliphatic rings. The molecule has 5 heteroatoms. The summed E-state index contributed by atoms with van der Waals surface area (Å²) >= 11 is 1.80. The zero-order valence-corrected chi connectivity index (χ0v) is 12.6. The zero-order valence-electron chi connectivity index (χ0n) is 11.8. The summed E-state index contributed by atoms with van der Waals surface area (Å²) in [5.41, 5.74) is 2.03. The van der Waals surface area contributed by atoms with Gasteiger partial charge in [0.25, 0.3) is 0 Å². The van der Waals surface area contributed by atoms with Crippen LogP contribution in [0.25, 0.3) is 11.2 Å². The van der Waals surface area contributed by atoms with E-state index in [1.54, 1.807) is 11.3 Å². The van der Waals surface area contributed by atoms with Gasteiger partial charge in [0.1, 0.15) is 11.3 Å². The highest BCUT2D eigenvalue weighted by atomic mass is 32.1. The van der Waals surface area contributed by atoms with Crippen molar-refractivity contribution in [2.24, 2.45) is 0 Å². The lowest BCUT2D eigenvalue weighted by atomic mass is 9.97. The monoisotopic (exact) mass is 298 g/mol. The van der Waals surface area contributed by atoms with Gasteiger partial charge in [0, 0.05) is 17.0 Å². The van der Waals surface area contributed by atoms with Crippen LogP contribution >= 0.6 is 11.3 Å². The van der Waals surface area contributed by atoms with Crippen LogP contribution in [-0.2, 0) is 6.54 Å². The first-order valence-electron chi connectivity index (χ1n) is 7.46. The van der Waals surface area contributed by atoms with Crippen LogP contribution in [-0.4, -0.2) is 27.6 Å². The van der Waals surface area contributed by atoms with Gasteiger partial charge < -0.3 is 9.88 Å². The number of rotatable bonds is 3. The van der Waals surface area contributed by atoms with E-state index in [4.69, 9.17) is 4.98 Å². The molecule has 21 heavy (non-hydrogen) atoms. The van der Waals surface area contributed by atoms with Gasteiger partial charge in [-0.15, -0.1) is 11.3 Å². The van der Waals surface area contributed by atoms with E-state index in [0.717, 1.165) is 43.6 Å². The van der Waals surface area contributed by atoms with Gasteiger partial charge in [-0.3, -0.25) is 0 Å². The average molecular weight is 298 g/mol. The van der Waals surface area contributed by atoms with Crippen molar-refractivity contribution in [3.05, 3.63) is 46.5 Å². The van der Waals surface area contributed by atoms with Crippen LogP contribution in [0.2, 0.25) is 0 Å². The van der Waals surface area contributed by atoms with E-state index in [1.165, 1.54) is 10.7 Å². The maximum Gasteiger partial charge on any atom is 0.160 e. The molecule has 1 saturated heterocycles. The van der Waals surface area contributed by atoms with Gasteiger partial charge in [0.2, 0.25) is 0 Å². The summed E-state index contributed by atoms with van der Waals surface area (Å²) in [6.45, 7) is 3.05. The topological polar surface area (TPSA) is 42.7 Å². The number of imidazole rings is 1. The second-order valence-electron chi connectivity index (χ2n) is 5.51. The Hall–Kier alpha value is -1.72. The minimum atomic E-state index is 0.542. The number of pyridine rings is 1. The van der Waals surface area contributed by atoms with Gasteiger partial charge in [0.15, 0.2) is 5.65 Å². The molecule has 0 amide bonds. The fourth-order valence-electron chi connectivity index (χ4n) is 3.08. The molecule has 0 radical (unpaired) electrons. The van der Waals surface area contributed by atoms with E-state index < -0.39 is 0 Å². The molecular weight excluding hydrogens is 280 g/mol. The SMILES string of the molecule is c1csc(Cn2c(C3CCNCC3)nc3cccnc32)c1. The third-order valence-electron chi connectivity index (χ3n) is 4.13. The molecule has 0 aromatic carbocycles. The van der Waals surface area contributed by atoms with Crippen molar-refractivity contribution in [3.63, 3.8) is 0 Å². The van der Waals surface area contributed by atoms with E-state index in [2.05, 4.69) is 38.4 Å². The number of hydrogen-bond donors (Lipinski definition) is 1. The minimum absolute atomic E-state index is 0.542. The number of thiophene rings is 1. The van der Waals surface area contributed by atoms with Crippen LogP contribution in [0.1, 0.15) is 29.5 Å². The number of nitrogens with one attached hydrogen (secondary N) is 1. The van der Waals surface area contributed by atoms with Crippen molar-refractivity contribution in [2.75, 3.05) is 13.1 Å². The van der Waals surface area contributed by atoms with Crippen LogP contribution in [0.15, 0.2) is 35.8 Å². The van der Waals surface area contributed by atoms with Gasteiger partial charge >= 0.3 is 0 Å². The number of piperidine rings is 1. The Morgan fingerprint density at radius 3 is 2.95 bits per heavy atom. The fourth-order valence-corrected chi connectivity index (χ4v) is 3.77. The van der Waals surface area contributed by atoms with Gasteiger partial charge in [-0.25, -0.2) is 9.97 Å². The minimum Gasteiger partial charge on any atom is -0.317 e. The van der Waals surface area contributed by atoms with Crippen molar-refractivity contribution in [3.8, 4) is 0 Å². The zero-order chi connectivity index (χ0) is 14.1. The van der Waals surface area contributed by atoms with E-state index in [9.17, 15) is 0 Å². The smallest absolute Gasteiger partial charge is 0.160 e. The second-order valence-corrected chi connectivity index (χ2v) is 6.54. The number of fused-ring (bicyclic) bond motifs is 1.